The molecule has 1 amide bonds. The van der Waals surface area contributed by atoms with Crippen LogP contribution in [-0.2, 0) is 11.2 Å². The van der Waals surface area contributed by atoms with Crippen molar-refractivity contribution in [3.8, 4) is 11.5 Å². The lowest BCUT2D eigenvalue weighted by Crippen LogP contribution is -2.30. The van der Waals surface area contributed by atoms with Crippen LogP contribution in [0.1, 0.15) is 22.3 Å². The maximum Gasteiger partial charge on any atom is 0.230 e. The zero-order valence-corrected chi connectivity index (χ0v) is 15.4. The molecule has 0 aromatic heterocycles. The molecule has 2 aromatic carbocycles. The van der Waals surface area contributed by atoms with Crippen molar-refractivity contribution in [1.29, 1.82) is 0 Å². The summed E-state index contributed by atoms with van der Waals surface area (Å²) in [6.07, 6.45) is 1.87. The monoisotopic (exact) mass is 403 g/mol. The molecule has 1 heterocycles. The zero-order chi connectivity index (χ0) is 17.8. The molecule has 6 heteroatoms. The fraction of sp³-hybridized carbons (Fsp3) is 0.263. The van der Waals surface area contributed by atoms with E-state index in [0.717, 1.165) is 18.4 Å². The van der Waals surface area contributed by atoms with Crippen LogP contribution in [0.25, 0.3) is 0 Å². The predicted octanol–water partition coefficient (Wildman–Crippen LogP) is 3.63. The molecule has 130 valence electrons. The van der Waals surface area contributed by atoms with E-state index in [1.807, 2.05) is 24.3 Å². The van der Waals surface area contributed by atoms with Crippen molar-refractivity contribution in [2.75, 3.05) is 25.2 Å². The van der Waals surface area contributed by atoms with E-state index in [2.05, 4.69) is 15.9 Å². The van der Waals surface area contributed by atoms with Gasteiger partial charge in [0.05, 0.1) is 20.1 Å². The van der Waals surface area contributed by atoms with Crippen LogP contribution in [0.15, 0.2) is 40.9 Å². The average Bonchev–Trinajstić information content (AvgIpc) is 3.06. The van der Waals surface area contributed by atoms with Crippen LogP contribution in [0.4, 0.5) is 5.69 Å². The molecule has 0 fully saturated rings. The van der Waals surface area contributed by atoms with Gasteiger partial charge < -0.3 is 14.4 Å². The van der Waals surface area contributed by atoms with Gasteiger partial charge in [0.2, 0.25) is 5.91 Å². The highest BCUT2D eigenvalue weighted by molar-refractivity contribution is 9.10. The van der Waals surface area contributed by atoms with Crippen molar-refractivity contribution in [2.45, 2.75) is 12.8 Å². The number of aldehydes is 1. The van der Waals surface area contributed by atoms with Crippen molar-refractivity contribution < 1.29 is 19.1 Å². The van der Waals surface area contributed by atoms with E-state index in [9.17, 15) is 9.59 Å². The van der Waals surface area contributed by atoms with Crippen LogP contribution in [0.5, 0.6) is 11.5 Å². The largest absolute Gasteiger partial charge is 0.493 e. The minimum Gasteiger partial charge on any atom is -0.493 e. The smallest absolute Gasteiger partial charge is 0.230 e. The Kier molecular flexibility index (Phi) is 5.38. The Labute approximate surface area is 154 Å². The van der Waals surface area contributed by atoms with E-state index in [1.54, 1.807) is 17.0 Å². The molecular weight excluding hydrogens is 386 g/mol. The summed E-state index contributed by atoms with van der Waals surface area (Å²) < 4.78 is 11.6. The van der Waals surface area contributed by atoms with Gasteiger partial charge in [0, 0.05) is 22.3 Å². The first-order valence-corrected chi connectivity index (χ1v) is 8.77. The molecule has 3 rings (SSSR count). The van der Waals surface area contributed by atoms with Crippen LogP contribution in [0, 0.1) is 0 Å². The molecule has 0 spiro atoms. The molecule has 25 heavy (non-hydrogen) atoms. The van der Waals surface area contributed by atoms with E-state index in [1.165, 1.54) is 12.7 Å². The first-order chi connectivity index (χ1) is 12.1. The maximum absolute atomic E-state index is 12.5. The van der Waals surface area contributed by atoms with Gasteiger partial charge in [0.15, 0.2) is 17.8 Å². The normalized spacial score (nSPS) is 12.6. The lowest BCUT2D eigenvalue weighted by Gasteiger charge is -2.18. The molecule has 0 atom stereocenters. The van der Waals surface area contributed by atoms with E-state index < -0.39 is 0 Å². The first kappa shape index (κ1) is 17.5. The number of carbonyl (C=O) groups is 2. The highest BCUT2D eigenvalue weighted by Gasteiger charge is 2.23. The number of anilines is 1. The number of amides is 1. The predicted molar refractivity (Wildman–Crippen MR) is 98.7 cm³/mol. The molecular formula is C19H18BrNO4. The first-order valence-electron chi connectivity index (χ1n) is 7.98. The second kappa shape index (κ2) is 7.70. The number of halogens is 1. The average molecular weight is 404 g/mol. The van der Waals surface area contributed by atoms with E-state index in [-0.39, 0.29) is 18.9 Å². The van der Waals surface area contributed by atoms with Gasteiger partial charge >= 0.3 is 0 Å². The van der Waals surface area contributed by atoms with Crippen LogP contribution in [0.2, 0.25) is 0 Å². The summed E-state index contributed by atoms with van der Waals surface area (Å²) in [5.41, 5.74) is 2.65. The van der Waals surface area contributed by atoms with Crippen molar-refractivity contribution in [2.24, 2.45) is 0 Å². The number of carbonyl (C=O) groups excluding carboxylic acids is 2. The van der Waals surface area contributed by atoms with Gasteiger partial charge in [-0.05, 0) is 46.1 Å². The Bertz CT molecular complexity index is 806. The number of methoxy groups -OCH3 is 1. The molecule has 5 nitrogen and oxygen atoms in total. The molecule has 0 aliphatic carbocycles. The fourth-order valence-electron chi connectivity index (χ4n) is 2.89. The fourth-order valence-corrected chi connectivity index (χ4v) is 3.31. The quantitative estimate of drug-likeness (QED) is 0.691. The Morgan fingerprint density at radius 2 is 2.08 bits per heavy atom. The molecule has 0 saturated heterocycles. The number of nitrogens with zero attached hydrogens (tertiary/aromatic N) is 1. The minimum absolute atomic E-state index is 0.0247. The molecule has 0 radical (unpaired) electrons. The SMILES string of the molecule is COc1cc(Br)c(C=O)cc1OCCC(=O)N1CCc2ccccc21. The highest BCUT2D eigenvalue weighted by atomic mass is 79.9. The van der Waals surface area contributed by atoms with Crippen molar-refractivity contribution in [3.63, 3.8) is 0 Å². The molecule has 1 aliphatic rings. The summed E-state index contributed by atoms with van der Waals surface area (Å²) >= 11 is 3.31. The number of hydrogen-bond donors (Lipinski definition) is 0. The van der Waals surface area contributed by atoms with Crippen molar-refractivity contribution in [1.82, 2.24) is 0 Å². The molecule has 2 aromatic rings. The molecule has 0 bridgehead atoms. The van der Waals surface area contributed by atoms with Crippen LogP contribution < -0.4 is 14.4 Å². The van der Waals surface area contributed by atoms with Gasteiger partial charge in [-0.2, -0.15) is 0 Å². The summed E-state index contributed by atoms with van der Waals surface area (Å²) in [6.45, 7) is 0.920. The van der Waals surface area contributed by atoms with Gasteiger partial charge in [0.1, 0.15) is 0 Å². The van der Waals surface area contributed by atoms with Crippen LogP contribution >= 0.6 is 15.9 Å². The summed E-state index contributed by atoms with van der Waals surface area (Å²) in [5.74, 6) is 0.982. The number of ether oxygens (including phenoxy) is 2. The second-order valence-electron chi connectivity index (χ2n) is 5.66. The summed E-state index contributed by atoms with van der Waals surface area (Å²) in [6, 6.07) is 11.2. The van der Waals surface area contributed by atoms with Gasteiger partial charge in [-0.3, -0.25) is 9.59 Å². The standard InChI is InChI=1S/C19H18BrNO4/c1-24-17-11-15(20)14(12-22)10-18(17)25-9-7-19(23)21-8-6-13-4-2-3-5-16(13)21/h2-5,10-12H,6-9H2,1H3. The third kappa shape index (κ3) is 3.69. The zero-order valence-electron chi connectivity index (χ0n) is 13.8. The lowest BCUT2D eigenvalue weighted by molar-refractivity contribution is -0.119. The summed E-state index contributed by atoms with van der Waals surface area (Å²) in [4.78, 5) is 25.3. The van der Waals surface area contributed by atoms with E-state index in [0.29, 0.717) is 28.1 Å². The molecule has 0 saturated carbocycles. The number of para-hydroxylation sites is 1. The van der Waals surface area contributed by atoms with E-state index in [4.69, 9.17) is 9.47 Å². The molecule has 1 aliphatic heterocycles. The van der Waals surface area contributed by atoms with Gasteiger partial charge in [-0.15, -0.1) is 0 Å². The molecule has 0 unspecified atom stereocenters. The second-order valence-corrected chi connectivity index (χ2v) is 6.52. The van der Waals surface area contributed by atoms with Gasteiger partial charge in [-0.1, -0.05) is 18.2 Å². The Morgan fingerprint density at radius 1 is 1.28 bits per heavy atom. The van der Waals surface area contributed by atoms with E-state index >= 15 is 0 Å². The summed E-state index contributed by atoms with van der Waals surface area (Å²) in [7, 11) is 1.53. The van der Waals surface area contributed by atoms with Crippen molar-refractivity contribution in [3.05, 3.63) is 52.0 Å². The maximum atomic E-state index is 12.5. The third-order valence-electron chi connectivity index (χ3n) is 4.17. The van der Waals surface area contributed by atoms with Gasteiger partial charge in [-0.25, -0.2) is 0 Å². The summed E-state index contributed by atoms with van der Waals surface area (Å²) in [5, 5.41) is 0. The Morgan fingerprint density at radius 3 is 2.84 bits per heavy atom. The minimum atomic E-state index is 0.0247. The topological polar surface area (TPSA) is 55.8 Å². The number of hydrogen-bond acceptors (Lipinski definition) is 4. The van der Waals surface area contributed by atoms with Gasteiger partial charge in [0.25, 0.3) is 0 Å². The third-order valence-corrected chi connectivity index (χ3v) is 4.86. The van der Waals surface area contributed by atoms with Crippen molar-refractivity contribution >= 4 is 33.8 Å². The number of fused-ring (bicyclic) bond motifs is 1. The number of rotatable bonds is 6. The highest BCUT2D eigenvalue weighted by Crippen LogP contribution is 2.33. The number of benzene rings is 2. The Balaban J connectivity index is 1.64. The van der Waals surface area contributed by atoms with Crippen LogP contribution in [0.3, 0.4) is 0 Å². The Hall–Kier alpha value is -2.34. The lowest BCUT2D eigenvalue weighted by atomic mass is 10.2. The molecule has 0 N–H and O–H groups in total. The van der Waals surface area contributed by atoms with Crippen LogP contribution in [-0.4, -0.2) is 32.5 Å².